The van der Waals surface area contributed by atoms with Gasteiger partial charge in [0.1, 0.15) is 17.9 Å². The van der Waals surface area contributed by atoms with Gasteiger partial charge in [-0.1, -0.05) is 18.2 Å². The predicted octanol–water partition coefficient (Wildman–Crippen LogP) is 1.85. The zero-order valence-electron chi connectivity index (χ0n) is 12.5. The lowest BCUT2D eigenvalue weighted by Crippen LogP contribution is -2.44. The Balaban J connectivity index is 1.78. The number of nitrogens with two attached hydrogens (primary N) is 1. The Morgan fingerprint density at radius 3 is 2.95 bits per heavy atom. The SMILES string of the molecule is CC(N)(CCCCN1CCOc2ccccc2C1)C(=O)O. The fourth-order valence-corrected chi connectivity index (χ4v) is 2.51. The van der Waals surface area contributed by atoms with Crippen molar-refractivity contribution in [2.45, 2.75) is 38.3 Å². The van der Waals surface area contributed by atoms with Crippen LogP contribution in [0.4, 0.5) is 0 Å². The average molecular weight is 292 g/mol. The topological polar surface area (TPSA) is 75.8 Å². The summed E-state index contributed by atoms with van der Waals surface area (Å²) in [7, 11) is 0. The second-order valence-electron chi connectivity index (χ2n) is 5.91. The highest BCUT2D eigenvalue weighted by Crippen LogP contribution is 2.22. The normalized spacial score (nSPS) is 18.2. The molecule has 1 aromatic carbocycles. The Kier molecular flexibility index (Phi) is 5.20. The van der Waals surface area contributed by atoms with Crippen molar-refractivity contribution in [2.24, 2.45) is 5.73 Å². The van der Waals surface area contributed by atoms with Gasteiger partial charge in [0.25, 0.3) is 0 Å². The van der Waals surface area contributed by atoms with E-state index in [9.17, 15) is 4.79 Å². The molecule has 0 aliphatic carbocycles. The third-order valence-corrected chi connectivity index (χ3v) is 3.94. The van der Waals surface area contributed by atoms with Gasteiger partial charge in [0, 0.05) is 18.7 Å². The molecule has 1 heterocycles. The van der Waals surface area contributed by atoms with Crippen LogP contribution in [0, 0.1) is 0 Å². The van der Waals surface area contributed by atoms with Crippen molar-refractivity contribution in [2.75, 3.05) is 19.7 Å². The van der Waals surface area contributed by atoms with Crippen LogP contribution in [0.2, 0.25) is 0 Å². The fourth-order valence-electron chi connectivity index (χ4n) is 2.51. The molecule has 2 rings (SSSR count). The van der Waals surface area contributed by atoms with Crippen molar-refractivity contribution in [3.8, 4) is 5.75 Å². The molecule has 0 amide bonds. The zero-order chi connectivity index (χ0) is 15.3. The maximum absolute atomic E-state index is 10.9. The molecule has 1 aliphatic heterocycles. The van der Waals surface area contributed by atoms with Crippen LogP contribution in [0.1, 0.15) is 31.7 Å². The van der Waals surface area contributed by atoms with Gasteiger partial charge in [-0.2, -0.15) is 0 Å². The number of ether oxygens (including phenoxy) is 1. The molecule has 116 valence electrons. The summed E-state index contributed by atoms with van der Waals surface area (Å²) in [5.74, 6) is 0.0417. The molecule has 0 radical (unpaired) electrons. The summed E-state index contributed by atoms with van der Waals surface area (Å²) in [6, 6.07) is 8.11. The molecular weight excluding hydrogens is 268 g/mol. The van der Waals surface area contributed by atoms with Crippen LogP contribution < -0.4 is 10.5 Å². The molecule has 5 nitrogen and oxygen atoms in total. The molecule has 0 saturated heterocycles. The standard InChI is InChI=1S/C16H24N2O3/c1-16(17,15(19)20)8-4-5-9-18-10-11-21-14-7-3-2-6-13(14)12-18/h2-3,6-7H,4-5,8-12,17H2,1H3,(H,19,20). The van der Waals surface area contributed by atoms with Gasteiger partial charge in [0.15, 0.2) is 0 Å². The van der Waals surface area contributed by atoms with E-state index in [2.05, 4.69) is 11.0 Å². The van der Waals surface area contributed by atoms with Gasteiger partial charge >= 0.3 is 5.97 Å². The second kappa shape index (κ2) is 6.91. The fraction of sp³-hybridized carbons (Fsp3) is 0.562. The second-order valence-corrected chi connectivity index (χ2v) is 5.91. The number of carbonyl (C=O) groups is 1. The Labute approximate surface area is 125 Å². The highest BCUT2D eigenvalue weighted by Gasteiger charge is 2.26. The summed E-state index contributed by atoms with van der Waals surface area (Å²) in [5.41, 5.74) is 5.83. The van der Waals surface area contributed by atoms with Gasteiger partial charge in [-0.15, -0.1) is 0 Å². The molecule has 0 fully saturated rings. The summed E-state index contributed by atoms with van der Waals surface area (Å²) in [6.45, 7) is 4.99. The number of rotatable bonds is 6. The van der Waals surface area contributed by atoms with Gasteiger partial charge in [0.2, 0.25) is 0 Å². The van der Waals surface area contributed by atoms with Crippen molar-refractivity contribution in [1.82, 2.24) is 4.90 Å². The van der Waals surface area contributed by atoms with Gasteiger partial charge in [-0.25, -0.2) is 0 Å². The summed E-state index contributed by atoms with van der Waals surface area (Å²) in [5, 5.41) is 8.98. The number of unbranched alkanes of at least 4 members (excludes halogenated alkanes) is 1. The van der Waals surface area contributed by atoms with E-state index >= 15 is 0 Å². The van der Waals surface area contributed by atoms with Crippen molar-refractivity contribution < 1.29 is 14.6 Å². The van der Waals surface area contributed by atoms with E-state index < -0.39 is 11.5 Å². The summed E-state index contributed by atoms with van der Waals surface area (Å²) >= 11 is 0. The third-order valence-electron chi connectivity index (χ3n) is 3.94. The van der Waals surface area contributed by atoms with Crippen LogP contribution in [0.25, 0.3) is 0 Å². The lowest BCUT2D eigenvalue weighted by Gasteiger charge is -2.21. The Hall–Kier alpha value is -1.59. The number of benzene rings is 1. The first-order chi connectivity index (χ1) is 9.99. The average Bonchev–Trinajstić information content (AvgIpc) is 2.65. The summed E-state index contributed by atoms with van der Waals surface area (Å²) in [6.07, 6.45) is 2.27. The minimum atomic E-state index is -1.12. The van der Waals surface area contributed by atoms with Crippen LogP contribution in [-0.4, -0.2) is 41.2 Å². The largest absolute Gasteiger partial charge is 0.492 e. The lowest BCUT2D eigenvalue weighted by atomic mass is 9.96. The third kappa shape index (κ3) is 4.44. The number of para-hydroxylation sites is 1. The molecule has 21 heavy (non-hydrogen) atoms. The van der Waals surface area contributed by atoms with E-state index in [0.29, 0.717) is 13.0 Å². The number of carboxylic acids is 1. The highest BCUT2D eigenvalue weighted by molar-refractivity contribution is 5.77. The molecule has 0 bridgehead atoms. The van der Waals surface area contributed by atoms with Crippen LogP contribution in [0.3, 0.4) is 0 Å². The van der Waals surface area contributed by atoms with Gasteiger partial charge in [-0.3, -0.25) is 9.69 Å². The minimum absolute atomic E-state index is 0.503. The molecule has 1 aromatic rings. The Morgan fingerprint density at radius 2 is 2.19 bits per heavy atom. The van der Waals surface area contributed by atoms with Crippen LogP contribution in [0.15, 0.2) is 24.3 Å². The maximum Gasteiger partial charge on any atom is 0.323 e. The van der Waals surface area contributed by atoms with Crippen molar-refractivity contribution >= 4 is 5.97 Å². The molecule has 0 spiro atoms. The van der Waals surface area contributed by atoms with Gasteiger partial charge < -0.3 is 15.6 Å². The maximum atomic E-state index is 10.9. The monoisotopic (exact) mass is 292 g/mol. The number of carboxylic acid groups (broad SMARTS) is 1. The molecule has 0 aromatic heterocycles. The number of aliphatic carboxylic acids is 1. The van der Waals surface area contributed by atoms with E-state index in [1.165, 1.54) is 5.56 Å². The van der Waals surface area contributed by atoms with E-state index in [4.69, 9.17) is 15.6 Å². The van der Waals surface area contributed by atoms with Crippen LogP contribution in [-0.2, 0) is 11.3 Å². The Morgan fingerprint density at radius 1 is 1.43 bits per heavy atom. The molecule has 0 saturated carbocycles. The number of fused-ring (bicyclic) bond motifs is 1. The smallest absolute Gasteiger partial charge is 0.323 e. The van der Waals surface area contributed by atoms with Crippen LogP contribution >= 0.6 is 0 Å². The molecule has 5 heteroatoms. The molecule has 1 aliphatic rings. The summed E-state index contributed by atoms with van der Waals surface area (Å²) < 4.78 is 5.73. The highest BCUT2D eigenvalue weighted by atomic mass is 16.5. The molecule has 3 N–H and O–H groups in total. The molecular formula is C16H24N2O3. The van der Waals surface area contributed by atoms with E-state index in [1.54, 1.807) is 6.92 Å². The Bertz CT molecular complexity index is 488. The van der Waals surface area contributed by atoms with E-state index in [0.717, 1.165) is 38.2 Å². The predicted molar refractivity (Wildman–Crippen MR) is 81.3 cm³/mol. The van der Waals surface area contributed by atoms with Crippen molar-refractivity contribution in [1.29, 1.82) is 0 Å². The van der Waals surface area contributed by atoms with E-state index in [1.807, 2.05) is 18.2 Å². The number of nitrogens with zero attached hydrogens (tertiary/aromatic N) is 1. The van der Waals surface area contributed by atoms with Crippen molar-refractivity contribution in [3.05, 3.63) is 29.8 Å². The lowest BCUT2D eigenvalue weighted by molar-refractivity contribution is -0.142. The zero-order valence-corrected chi connectivity index (χ0v) is 12.5. The number of hydrogen-bond acceptors (Lipinski definition) is 4. The molecule has 1 unspecified atom stereocenters. The first-order valence-electron chi connectivity index (χ1n) is 7.44. The quantitative estimate of drug-likeness (QED) is 0.783. The number of hydrogen-bond donors (Lipinski definition) is 2. The van der Waals surface area contributed by atoms with Crippen molar-refractivity contribution in [3.63, 3.8) is 0 Å². The summed E-state index contributed by atoms with van der Waals surface area (Å²) in [4.78, 5) is 13.3. The van der Waals surface area contributed by atoms with Crippen LogP contribution in [0.5, 0.6) is 5.75 Å². The first kappa shape index (κ1) is 15.8. The molecule has 1 atom stereocenters. The minimum Gasteiger partial charge on any atom is -0.492 e. The van der Waals surface area contributed by atoms with Gasteiger partial charge in [-0.05, 0) is 38.8 Å². The van der Waals surface area contributed by atoms with Gasteiger partial charge in [0.05, 0.1) is 0 Å². The van der Waals surface area contributed by atoms with E-state index in [-0.39, 0.29) is 0 Å². The first-order valence-corrected chi connectivity index (χ1v) is 7.44.